The molecule has 0 aliphatic heterocycles. The van der Waals surface area contributed by atoms with Gasteiger partial charge in [0.25, 0.3) is 0 Å². The SMILES string of the molecule is N[C@@H](Cc1ccccc1O)c1ccccc1. The van der Waals surface area contributed by atoms with Crippen molar-refractivity contribution in [3.8, 4) is 5.75 Å². The molecule has 0 saturated heterocycles. The zero-order valence-corrected chi connectivity index (χ0v) is 9.01. The molecule has 0 heterocycles. The second kappa shape index (κ2) is 4.81. The van der Waals surface area contributed by atoms with Crippen molar-refractivity contribution in [3.05, 3.63) is 65.7 Å². The summed E-state index contributed by atoms with van der Waals surface area (Å²) >= 11 is 0. The predicted molar refractivity (Wildman–Crippen MR) is 65.2 cm³/mol. The molecule has 0 amide bonds. The maximum atomic E-state index is 9.65. The van der Waals surface area contributed by atoms with E-state index in [1.807, 2.05) is 48.5 Å². The molecule has 0 spiro atoms. The Morgan fingerprint density at radius 2 is 1.56 bits per heavy atom. The van der Waals surface area contributed by atoms with Gasteiger partial charge >= 0.3 is 0 Å². The molecule has 82 valence electrons. The fraction of sp³-hybridized carbons (Fsp3) is 0.143. The average Bonchev–Trinajstić information content (AvgIpc) is 2.33. The van der Waals surface area contributed by atoms with Crippen LogP contribution in [-0.4, -0.2) is 5.11 Å². The summed E-state index contributed by atoms with van der Waals surface area (Å²) in [5.41, 5.74) is 8.06. The number of hydrogen-bond donors (Lipinski definition) is 2. The smallest absolute Gasteiger partial charge is 0.118 e. The van der Waals surface area contributed by atoms with Gasteiger partial charge in [-0.2, -0.15) is 0 Å². The first-order chi connectivity index (χ1) is 7.77. The highest BCUT2D eigenvalue weighted by atomic mass is 16.3. The fourth-order valence-electron chi connectivity index (χ4n) is 1.74. The van der Waals surface area contributed by atoms with Crippen molar-refractivity contribution in [1.82, 2.24) is 0 Å². The molecule has 0 fully saturated rings. The van der Waals surface area contributed by atoms with Gasteiger partial charge in [0.05, 0.1) is 0 Å². The van der Waals surface area contributed by atoms with Crippen LogP contribution in [0.1, 0.15) is 17.2 Å². The Morgan fingerprint density at radius 1 is 0.938 bits per heavy atom. The van der Waals surface area contributed by atoms with Gasteiger partial charge in [0.15, 0.2) is 0 Å². The summed E-state index contributed by atoms with van der Waals surface area (Å²) in [6.45, 7) is 0. The van der Waals surface area contributed by atoms with E-state index in [9.17, 15) is 5.11 Å². The molecule has 2 heteroatoms. The van der Waals surface area contributed by atoms with E-state index in [-0.39, 0.29) is 6.04 Å². The molecule has 2 aromatic carbocycles. The summed E-state index contributed by atoms with van der Waals surface area (Å²) in [5.74, 6) is 0.314. The molecular formula is C14H15NO. The Bertz CT molecular complexity index is 453. The highest BCUT2D eigenvalue weighted by molar-refractivity contribution is 5.33. The largest absolute Gasteiger partial charge is 0.508 e. The molecule has 1 atom stereocenters. The normalized spacial score (nSPS) is 12.3. The first kappa shape index (κ1) is 10.7. The van der Waals surface area contributed by atoms with Crippen molar-refractivity contribution in [2.45, 2.75) is 12.5 Å². The third-order valence-electron chi connectivity index (χ3n) is 2.66. The van der Waals surface area contributed by atoms with Crippen LogP contribution in [0.25, 0.3) is 0 Å². The van der Waals surface area contributed by atoms with Crippen molar-refractivity contribution in [2.24, 2.45) is 5.73 Å². The van der Waals surface area contributed by atoms with Gasteiger partial charge in [-0.15, -0.1) is 0 Å². The lowest BCUT2D eigenvalue weighted by atomic mass is 9.99. The highest BCUT2D eigenvalue weighted by Crippen LogP contribution is 2.22. The molecule has 0 bridgehead atoms. The third kappa shape index (κ3) is 2.41. The monoisotopic (exact) mass is 213 g/mol. The maximum absolute atomic E-state index is 9.65. The van der Waals surface area contributed by atoms with Crippen LogP contribution >= 0.6 is 0 Å². The van der Waals surface area contributed by atoms with Crippen LogP contribution in [0.15, 0.2) is 54.6 Å². The topological polar surface area (TPSA) is 46.2 Å². The van der Waals surface area contributed by atoms with Crippen molar-refractivity contribution in [1.29, 1.82) is 0 Å². The van der Waals surface area contributed by atoms with Crippen LogP contribution in [-0.2, 0) is 6.42 Å². The van der Waals surface area contributed by atoms with Crippen LogP contribution in [0.5, 0.6) is 5.75 Å². The van der Waals surface area contributed by atoms with Gasteiger partial charge in [0.1, 0.15) is 5.75 Å². The Kier molecular flexibility index (Phi) is 3.22. The number of aromatic hydroxyl groups is 1. The van der Waals surface area contributed by atoms with E-state index in [1.54, 1.807) is 6.07 Å². The van der Waals surface area contributed by atoms with Crippen LogP contribution in [0.2, 0.25) is 0 Å². The minimum atomic E-state index is -0.0745. The fourth-order valence-corrected chi connectivity index (χ4v) is 1.74. The number of benzene rings is 2. The van der Waals surface area contributed by atoms with E-state index >= 15 is 0 Å². The summed E-state index contributed by atoms with van der Waals surface area (Å²) in [6.07, 6.45) is 0.649. The lowest BCUT2D eigenvalue weighted by molar-refractivity contribution is 0.465. The lowest BCUT2D eigenvalue weighted by Crippen LogP contribution is -2.13. The molecule has 16 heavy (non-hydrogen) atoms. The number of nitrogens with two attached hydrogens (primary N) is 1. The van der Waals surface area contributed by atoms with E-state index < -0.39 is 0 Å². The zero-order valence-electron chi connectivity index (χ0n) is 9.01. The second-order valence-electron chi connectivity index (χ2n) is 3.85. The Morgan fingerprint density at radius 3 is 2.25 bits per heavy atom. The number of hydrogen-bond acceptors (Lipinski definition) is 2. The predicted octanol–water partition coefficient (Wildman–Crippen LogP) is 2.63. The summed E-state index contributed by atoms with van der Waals surface area (Å²) in [4.78, 5) is 0. The lowest BCUT2D eigenvalue weighted by Gasteiger charge is -2.12. The van der Waals surface area contributed by atoms with E-state index in [0.717, 1.165) is 11.1 Å². The first-order valence-corrected chi connectivity index (χ1v) is 5.35. The first-order valence-electron chi connectivity index (χ1n) is 5.35. The molecule has 2 aromatic rings. The van der Waals surface area contributed by atoms with Crippen molar-refractivity contribution >= 4 is 0 Å². The van der Waals surface area contributed by atoms with Gasteiger partial charge in [0.2, 0.25) is 0 Å². The summed E-state index contributed by atoms with van der Waals surface area (Å²) < 4.78 is 0. The molecule has 0 saturated carbocycles. The van der Waals surface area contributed by atoms with Crippen LogP contribution in [0, 0.1) is 0 Å². The van der Waals surface area contributed by atoms with Crippen molar-refractivity contribution in [3.63, 3.8) is 0 Å². The Hall–Kier alpha value is -1.80. The summed E-state index contributed by atoms with van der Waals surface area (Å²) in [5, 5.41) is 9.65. The Balaban J connectivity index is 2.14. The van der Waals surface area contributed by atoms with Crippen LogP contribution < -0.4 is 5.73 Å². The molecule has 2 rings (SSSR count). The summed E-state index contributed by atoms with van der Waals surface area (Å²) in [6, 6.07) is 17.2. The van der Waals surface area contributed by atoms with Crippen LogP contribution in [0.3, 0.4) is 0 Å². The molecule has 0 aliphatic carbocycles. The van der Waals surface area contributed by atoms with Gasteiger partial charge in [-0.1, -0.05) is 48.5 Å². The summed E-state index contributed by atoms with van der Waals surface area (Å²) in [7, 11) is 0. The molecule has 3 N–H and O–H groups in total. The molecule has 0 aliphatic rings. The van der Waals surface area contributed by atoms with Crippen molar-refractivity contribution in [2.75, 3.05) is 0 Å². The zero-order chi connectivity index (χ0) is 11.4. The van der Waals surface area contributed by atoms with Crippen LogP contribution in [0.4, 0.5) is 0 Å². The van der Waals surface area contributed by atoms with E-state index in [4.69, 9.17) is 5.73 Å². The van der Waals surface area contributed by atoms with E-state index in [0.29, 0.717) is 12.2 Å². The molecule has 2 nitrogen and oxygen atoms in total. The van der Waals surface area contributed by atoms with Gasteiger partial charge in [-0.05, 0) is 23.6 Å². The Labute approximate surface area is 95.4 Å². The van der Waals surface area contributed by atoms with E-state index in [1.165, 1.54) is 0 Å². The highest BCUT2D eigenvalue weighted by Gasteiger charge is 2.08. The molecular weight excluding hydrogens is 198 g/mol. The van der Waals surface area contributed by atoms with Gasteiger partial charge in [0, 0.05) is 6.04 Å². The standard InChI is InChI=1S/C14H15NO/c15-13(11-6-2-1-3-7-11)10-12-8-4-5-9-14(12)16/h1-9,13,16H,10,15H2/t13-/m0/s1. The maximum Gasteiger partial charge on any atom is 0.118 e. The number of rotatable bonds is 3. The second-order valence-corrected chi connectivity index (χ2v) is 3.85. The van der Waals surface area contributed by atoms with Gasteiger partial charge < -0.3 is 10.8 Å². The minimum Gasteiger partial charge on any atom is -0.508 e. The van der Waals surface area contributed by atoms with Gasteiger partial charge in [-0.3, -0.25) is 0 Å². The number of phenols is 1. The van der Waals surface area contributed by atoms with E-state index in [2.05, 4.69) is 0 Å². The van der Waals surface area contributed by atoms with Crippen molar-refractivity contribution < 1.29 is 5.11 Å². The average molecular weight is 213 g/mol. The quantitative estimate of drug-likeness (QED) is 0.823. The number of phenolic OH excluding ortho intramolecular Hbond substituents is 1. The third-order valence-corrected chi connectivity index (χ3v) is 2.66. The van der Waals surface area contributed by atoms with Gasteiger partial charge in [-0.25, -0.2) is 0 Å². The minimum absolute atomic E-state index is 0.0745. The molecule has 0 unspecified atom stereocenters. The number of para-hydroxylation sites is 1. The molecule has 0 radical (unpaired) electrons. The molecule has 0 aromatic heterocycles.